The van der Waals surface area contributed by atoms with Gasteiger partial charge in [-0.25, -0.2) is 0 Å². The molecule has 2 rings (SSSR count). The molecule has 1 atom stereocenters. The van der Waals surface area contributed by atoms with Crippen LogP contribution in [0.15, 0.2) is 12.3 Å². The van der Waals surface area contributed by atoms with Crippen molar-refractivity contribution in [2.45, 2.75) is 13.0 Å². The average molecular weight is 194 g/mol. The van der Waals surface area contributed by atoms with Gasteiger partial charge in [-0.15, -0.1) is 0 Å². The fourth-order valence-corrected chi connectivity index (χ4v) is 2.05. The summed E-state index contributed by atoms with van der Waals surface area (Å²) < 4.78 is 1.96. The number of hydrogen-bond acceptors (Lipinski definition) is 3. The first-order chi connectivity index (χ1) is 6.79. The largest absolute Gasteiger partial charge is 0.314 e. The topological polar surface area (TPSA) is 33.1 Å². The number of piperazine rings is 1. The molecule has 1 N–H and O–H groups in total. The standard InChI is InChI=1S/C10H18N4/c1-9(10-3-4-12-13(10)2)14-7-5-11-6-8-14/h3-4,9,11H,5-8H2,1-2H3. The maximum atomic E-state index is 4.21. The molecule has 1 aliphatic heterocycles. The number of nitrogens with one attached hydrogen (secondary N) is 1. The van der Waals surface area contributed by atoms with Crippen LogP contribution in [0.2, 0.25) is 0 Å². The molecule has 78 valence electrons. The van der Waals surface area contributed by atoms with E-state index >= 15 is 0 Å². The zero-order valence-corrected chi connectivity index (χ0v) is 8.90. The third-order valence-electron chi connectivity index (χ3n) is 2.99. The summed E-state index contributed by atoms with van der Waals surface area (Å²) in [6.07, 6.45) is 1.87. The van der Waals surface area contributed by atoms with Crippen molar-refractivity contribution >= 4 is 0 Å². The fraction of sp³-hybridized carbons (Fsp3) is 0.700. The third-order valence-corrected chi connectivity index (χ3v) is 2.99. The summed E-state index contributed by atoms with van der Waals surface area (Å²) >= 11 is 0. The molecule has 0 saturated carbocycles. The van der Waals surface area contributed by atoms with E-state index in [0.717, 1.165) is 26.2 Å². The monoisotopic (exact) mass is 194 g/mol. The first kappa shape index (κ1) is 9.68. The number of aryl methyl sites for hydroxylation is 1. The van der Waals surface area contributed by atoms with E-state index in [9.17, 15) is 0 Å². The van der Waals surface area contributed by atoms with Crippen LogP contribution in [0.1, 0.15) is 18.7 Å². The van der Waals surface area contributed by atoms with E-state index < -0.39 is 0 Å². The summed E-state index contributed by atoms with van der Waals surface area (Å²) in [7, 11) is 2.01. The highest BCUT2D eigenvalue weighted by molar-refractivity contribution is 5.06. The molecule has 0 aromatic carbocycles. The third kappa shape index (κ3) is 1.81. The predicted molar refractivity (Wildman–Crippen MR) is 56.1 cm³/mol. The van der Waals surface area contributed by atoms with Gasteiger partial charge in [0, 0.05) is 45.5 Å². The van der Waals surface area contributed by atoms with Gasteiger partial charge in [-0.3, -0.25) is 9.58 Å². The second-order valence-corrected chi connectivity index (χ2v) is 3.84. The van der Waals surface area contributed by atoms with Gasteiger partial charge in [-0.05, 0) is 13.0 Å². The molecule has 0 bridgehead atoms. The van der Waals surface area contributed by atoms with Gasteiger partial charge in [0.15, 0.2) is 0 Å². The normalized spacial score (nSPS) is 21.0. The zero-order chi connectivity index (χ0) is 9.97. The van der Waals surface area contributed by atoms with E-state index in [1.165, 1.54) is 5.69 Å². The predicted octanol–water partition coefficient (Wildman–Crippen LogP) is 0.386. The Hall–Kier alpha value is -0.870. The van der Waals surface area contributed by atoms with Crippen LogP contribution in [0, 0.1) is 0 Å². The lowest BCUT2D eigenvalue weighted by Crippen LogP contribution is -2.44. The molecular weight excluding hydrogens is 176 g/mol. The molecule has 1 aromatic heterocycles. The molecule has 0 radical (unpaired) electrons. The van der Waals surface area contributed by atoms with E-state index in [0.29, 0.717) is 6.04 Å². The van der Waals surface area contributed by atoms with Gasteiger partial charge in [-0.1, -0.05) is 0 Å². The second kappa shape index (κ2) is 4.11. The number of rotatable bonds is 2. The Morgan fingerprint density at radius 1 is 1.43 bits per heavy atom. The summed E-state index contributed by atoms with van der Waals surface area (Å²) in [4.78, 5) is 2.49. The molecule has 0 aliphatic carbocycles. The van der Waals surface area contributed by atoms with E-state index in [1.807, 2.05) is 17.9 Å². The maximum Gasteiger partial charge on any atom is 0.0549 e. The quantitative estimate of drug-likeness (QED) is 0.739. The molecule has 0 spiro atoms. The van der Waals surface area contributed by atoms with Crippen molar-refractivity contribution in [3.8, 4) is 0 Å². The van der Waals surface area contributed by atoms with Crippen molar-refractivity contribution < 1.29 is 0 Å². The fourth-order valence-electron chi connectivity index (χ4n) is 2.05. The molecule has 1 aliphatic rings. The number of nitrogens with zero attached hydrogens (tertiary/aromatic N) is 3. The van der Waals surface area contributed by atoms with Gasteiger partial charge in [0.25, 0.3) is 0 Å². The Morgan fingerprint density at radius 2 is 2.14 bits per heavy atom. The maximum absolute atomic E-state index is 4.21. The Balaban J connectivity index is 2.07. The van der Waals surface area contributed by atoms with Crippen LogP contribution in [0.5, 0.6) is 0 Å². The van der Waals surface area contributed by atoms with Crippen molar-refractivity contribution in [2.24, 2.45) is 7.05 Å². The number of aromatic nitrogens is 2. The van der Waals surface area contributed by atoms with Gasteiger partial charge in [0.2, 0.25) is 0 Å². The molecule has 4 nitrogen and oxygen atoms in total. The molecule has 0 amide bonds. The molecular formula is C10H18N4. The molecule has 1 unspecified atom stereocenters. The molecule has 14 heavy (non-hydrogen) atoms. The van der Waals surface area contributed by atoms with Crippen molar-refractivity contribution in [1.29, 1.82) is 0 Å². The summed E-state index contributed by atoms with van der Waals surface area (Å²) in [5, 5.41) is 7.57. The minimum atomic E-state index is 0.476. The van der Waals surface area contributed by atoms with Crippen LogP contribution >= 0.6 is 0 Å². The van der Waals surface area contributed by atoms with E-state index in [2.05, 4.69) is 28.3 Å². The van der Waals surface area contributed by atoms with Crippen molar-refractivity contribution in [1.82, 2.24) is 20.0 Å². The lowest BCUT2D eigenvalue weighted by molar-refractivity contribution is 0.179. The van der Waals surface area contributed by atoms with Crippen molar-refractivity contribution in [3.63, 3.8) is 0 Å². The molecule has 1 aromatic rings. The van der Waals surface area contributed by atoms with Gasteiger partial charge in [-0.2, -0.15) is 5.10 Å². The van der Waals surface area contributed by atoms with Gasteiger partial charge < -0.3 is 5.32 Å². The van der Waals surface area contributed by atoms with Crippen LogP contribution in [-0.2, 0) is 7.05 Å². The molecule has 1 saturated heterocycles. The molecule has 4 heteroatoms. The summed E-state index contributed by atoms with van der Waals surface area (Å²) in [5.74, 6) is 0. The Bertz CT molecular complexity index is 288. The van der Waals surface area contributed by atoms with E-state index in [1.54, 1.807) is 0 Å². The average Bonchev–Trinajstić information content (AvgIpc) is 2.65. The highest BCUT2D eigenvalue weighted by Gasteiger charge is 2.19. The minimum absolute atomic E-state index is 0.476. The van der Waals surface area contributed by atoms with Crippen molar-refractivity contribution in [3.05, 3.63) is 18.0 Å². The molecule has 1 fully saturated rings. The lowest BCUT2D eigenvalue weighted by Gasteiger charge is -2.32. The Labute approximate surface area is 84.9 Å². The zero-order valence-electron chi connectivity index (χ0n) is 8.90. The van der Waals surface area contributed by atoms with Crippen LogP contribution in [0.3, 0.4) is 0 Å². The van der Waals surface area contributed by atoms with Crippen molar-refractivity contribution in [2.75, 3.05) is 26.2 Å². The number of hydrogen-bond donors (Lipinski definition) is 1. The highest BCUT2D eigenvalue weighted by atomic mass is 15.3. The first-order valence-corrected chi connectivity index (χ1v) is 5.21. The van der Waals surface area contributed by atoms with Gasteiger partial charge in [0.05, 0.1) is 5.69 Å². The SMILES string of the molecule is CC(c1ccnn1C)N1CCNCC1. The van der Waals surface area contributed by atoms with Gasteiger partial charge >= 0.3 is 0 Å². The smallest absolute Gasteiger partial charge is 0.0549 e. The van der Waals surface area contributed by atoms with Crippen LogP contribution in [-0.4, -0.2) is 40.9 Å². The van der Waals surface area contributed by atoms with Crippen LogP contribution in [0.4, 0.5) is 0 Å². The van der Waals surface area contributed by atoms with Crippen LogP contribution in [0.25, 0.3) is 0 Å². The second-order valence-electron chi connectivity index (χ2n) is 3.84. The van der Waals surface area contributed by atoms with E-state index in [-0.39, 0.29) is 0 Å². The Kier molecular flexibility index (Phi) is 2.84. The van der Waals surface area contributed by atoms with Gasteiger partial charge in [0.1, 0.15) is 0 Å². The lowest BCUT2D eigenvalue weighted by atomic mass is 10.2. The van der Waals surface area contributed by atoms with Crippen LogP contribution < -0.4 is 5.32 Å². The first-order valence-electron chi connectivity index (χ1n) is 5.21. The summed E-state index contributed by atoms with van der Waals surface area (Å²) in [5.41, 5.74) is 1.30. The van der Waals surface area contributed by atoms with E-state index in [4.69, 9.17) is 0 Å². The highest BCUT2D eigenvalue weighted by Crippen LogP contribution is 2.18. The summed E-state index contributed by atoms with van der Waals surface area (Å²) in [6, 6.07) is 2.58. The summed E-state index contributed by atoms with van der Waals surface area (Å²) in [6.45, 7) is 6.71. The Morgan fingerprint density at radius 3 is 2.71 bits per heavy atom. The minimum Gasteiger partial charge on any atom is -0.314 e. The molecule has 2 heterocycles.